The summed E-state index contributed by atoms with van der Waals surface area (Å²) >= 11 is 0. The zero-order valence-corrected chi connectivity index (χ0v) is 14.2. The molecule has 2 aromatic carbocycles. The van der Waals surface area contributed by atoms with E-state index in [1.165, 1.54) is 17.7 Å². The van der Waals surface area contributed by atoms with Crippen molar-refractivity contribution >= 4 is 5.69 Å². The summed E-state index contributed by atoms with van der Waals surface area (Å²) in [4.78, 5) is 0. The summed E-state index contributed by atoms with van der Waals surface area (Å²) in [7, 11) is 0. The Balaban J connectivity index is 1.70. The molecule has 1 saturated carbocycles. The number of hydrogen-bond donors (Lipinski definition) is 2. The van der Waals surface area contributed by atoms with E-state index in [1.54, 1.807) is 6.92 Å². The standard InChI is InChI=1S/C20H23F2NO/c1-12-8-16(21)17(22)9-18(12)23-10-15-19(20(15,2)3)14-6-4-13(11-24)5-7-14/h4-9,15,19,23-24H,10-11H2,1-3H3. The molecule has 2 atom stereocenters. The Morgan fingerprint density at radius 2 is 1.71 bits per heavy atom. The lowest BCUT2D eigenvalue weighted by Crippen LogP contribution is -2.09. The third-order valence-corrected chi connectivity index (χ3v) is 5.35. The SMILES string of the molecule is Cc1cc(F)c(F)cc1NCC1C(c2ccc(CO)cc2)C1(C)C. The summed E-state index contributed by atoms with van der Waals surface area (Å²) in [6.45, 7) is 6.98. The Morgan fingerprint density at radius 3 is 2.33 bits per heavy atom. The summed E-state index contributed by atoms with van der Waals surface area (Å²) in [5.41, 5.74) is 3.66. The molecule has 2 unspecified atom stereocenters. The summed E-state index contributed by atoms with van der Waals surface area (Å²) in [5.74, 6) is -0.797. The smallest absolute Gasteiger partial charge is 0.160 e. The molecule has 0 bridgehead atoms. The van der Waals surface area contributed by atoms with Crippen LogP contribution < -0.4 is 5.32 Å². The van der Waals surface area contributed by atoms with Crippen LogP contribution in [0.5, 0.6) is 0 Å². The van der Waals surface area contributed by atoms with E-state index in [1.807, 2.05) is 12.1 Å². The second kappa shape index (κ2) is 6.17. The van der Waals surface area contributed by atoms with Crippen molar-refractivity contribution in [2.45, 2.75) is 33.3 Å². The van der Waals surface area contributed by atoms with Gasteiger partial charge in [-0.2, -0.15) is 0 Å². The third kappa shape index (κ3) is 3.03. The molecule has 2 N–H and O–H groups in total. The van der Waals surface area contributed by atoms with Crippen molar-refractivity contribution in [3.63, 3.8) is 0 Å². The Kier molecular flexibility index (Phi) is 4.35. The number of benzene rings is 2. The van der Waals surface area contributed by atoms with Crippen LogP contribution in [0.1, 0.15) is 36.5 Å². The van der Waals surface area contributed by atoms with E-state index in [0.29, 0.717) is 29.6 Å². The van der Waals surface area contributed by atoms with Crippen molar-refractivity contribution in [2.75, 3.05) is 11.9 Å². The van der Waals surface area contributed by atoms with Crippen LogP contribution in [0.15, 0.2) is 36.4 Å². The van der Waals surface area contributed by atoms with E-state index in [-0.39, 0.29) is 12.0 Å². The summed E-state index contributed by atoms with van der Waals surface area (Å²) < 4.78 is 26.6. The van der Waals surface area contributed by atoms with Gasteiger partial charge in [-0.25, -0.2) is 8.78 Å². The maximum absolute atomic E-state index is 13.4. The number of hydrogen-bond acceptors (Lipinski definition) is 2. The van der Waals surface area contributed by atoms with Gasteiger partial charge in [0.25, 0.3) is 0 Å². The second-order valence-electron chi connectivity index (χ2n) is 7.27. The molecular weight excluding hydrogens is 308 g/mol. The first-order valence-electron chi connectivity index (χ1n) is 8.23. The quantitative estimate of drug-likeness (QED) is 0.838. The Morgan fingerprint density at radius 1 is 1.08 bits per heavy atom. The molecule has 128 valence electrons. The van der Waals surface area contributed by atoms with Gasteiger partial charge in [-0.15, -0.1) is 0 Å². The minimum atomic E-state index is -0.825. The summed E-state index contributed by atoms with van der Waals surface area (Å²) in [6.07, 6.45) is 0. The number of nitrogens with one attached hydrogen (secondary N) is 1. The Bertz CT molecular complexity index is 740. The highest BCUT2D eigenvalue weighted by Crippen LogP contribution is 2.64. The van der Waals surface area contributed by atoms with Gasteiger partial charge in [0.15, 0.2) is 11.6 Å². The highest BCUT2D eigenvalue weighted by Gasteiger charge is 2.57. The largest absolute Gasteiger partial charge is 0.392 e. The monoisotopic (exact) mass is 331 g/mol. The summed E-state index contributed by atoms with van der Waals surface area (Å²) in [6, 6.07) is 10.5. The van der Waals surface area contributed by atoms with Crippen LogP contribution >= 0.6 is 0 Å². The highest BCUT2D eigenvalue weighted by molar-refractivity contribution is 5.51. The minimum Gasteiger partial charge on any atom is -0.392 e. The van der Waals surface area contributed by atoms with E-state index in [0.717, 1.165) is 5.56 Å². The van der Waals surface area contributed by atoms with Crippen LogP contribution in [0.2, 0.25) is 0 Å². The van der Waals surface area contributed by atoms with E-state index in [2.05, 4.69) is 31.3 Å². The fourth-order valence-corrected chi connectivity index (χ4v) is 3.67. The lowest BCUT2D eigenvalue weighted by Gasteiger charge is -2.11. The number of aliphatic hydroxyl groups excluding tert-OH is 1. The molecule has 0 radical (unpaired) electrons. The number of rotatable bonds is 5. The molecule has 1 fully saturated rings. The third-order valence-electron chi connectivity index (χ3n) is 5.35. The van der Waals surface area contributed by atoms with Crippen LogP contribution in [0.25, 0.3) is 0 Å². The minimum absolute atomic E-state index is 0.0503. The molecule has 1 aliphatic rings. The molecule has 0 aliphatic heterocycles. The van der Waals surface area contributed by atoms with E-state index >= 15 is 0 Å². The lowest BCUT2D eigenvalue weighted by molar-refractivity contribution is 0.282. The van der Waals surface area contributed by atoms with E-state index in [9.17, 15) is 8.78 Å². The van der Waals surface area contributed by atoms with E-state index < -0.39 is 11.6 Å². The molecule has 0 aromatic heterocycles. The van der Waals surface area contributed by atoms with Crippen molar-refractivity contribution in [2.24, 2.45) is 11.3 Å². The van der Waals surface area contributed by atoms with Gasteiger partial charge in [0.05, 0.1) is 6.61 Å². The second-order valence-corrected chi connectivity index (χ2v) is 7.27. The number of aliphatic hydroxyl groups is 1. The molecule has 0 heterocycles. The Labute approximate surface area is 141 Å². The molecular formula is C20H23F2NO. The van der Waals surface area contributed by atoms with Crippen molar-refractivity contribution < 1.29 is 13.9 Å². The average Bonchev–Trinajstić information content (AvgIpc) is 3.10. The molecule has 0 amide bonds. The highest BCUT2D eigenvalue weighted by atomic mass is 19.2. The Hall–Kier alpha value is -1.94. The molecule has 2 nitrogen and oxygen atoms in total. The first-order chi connectivity index (χ1) is 11.3. The molecule has 0 spiro atoms. The van der Waals surface area contributed by atoms with Crippen LogP contribution in [-0.2, 0) is 6.61 Å². The normalized spacial score (nSPS) is 21.6. The molecule has 0 saturated heterocycles. The van der Waals surface area contributed by atoms with Gasteiger partial charge in [0.2, 0.25) is 0 Å². The molecule has 4 heteroatoms. The first-order valence-corrected chi connectivity index (χ1v) is 8.23. The maximum Gasteiger partial charge on any atom is 0.160 e. The zero-order valence-electron chi connectivity index (χ0n) is 14.2. The van der Waals surface area contributed by atoms with Crippen molar-refractivity contribution in [3.8, 4) is 0 Å². The van der Waals surface area contributed by atoms with Crippen molar-refractivity contribution in [3.05, 3.63) is 64.7 Å². The van der Waals surface area contributed by atoms with Crippen LogP contribution in [0, 0.1) is 29.9 Å². The molecule has 24 heavy (non-hydrogen) atoms. The van der Waals surface area contributed by atoms with Gasteiger partial charge >= 0.3 is 0 Å². The number of anilines is 1. The van der Waals surface area contributed by atoms with Crippen molar-refractivity contribution in [1.82, 2.24) is 0 Å². The summed E-state index contributed by atoms with van der Waals surface area (Å²) in [5, 5.41) is 12.4. The lowest BCUT2D eigenvalue weighted by atomic mass is 10.0. The first kappa shape index (κ1) is 16.9. The van der Waals surface area contributed by atoms with Crippen LogP contribution in [-0.4, -0.2) is 11.7 Å². The van der Waals surface area contributed by atoms with Crippen LogP contribution in [0.3, 0.4) is 0 Å². The zero-order chi connectivity index (χ0) is 17.5. The predicted octanol–water partition coefficient (Wildman–Crippen LogP) is 4.62. The van der Waals surface area contributed by atoms with E-state index in [4.69, 9.17) is 5.11 Å². The van der Waals surface area contributed by atoms with Gasteiger partial charge in [-0.1, -0.05) is 38.1 Å². The number of halogens is 2. The molecule has 3 rings (SSSR count). The topological polar surface area (TPSA) is 32.3 Å². The fourth-order valence-electron chi connectivity index (χ4n) is 3.67. The fraction of sp³-hybridized carbons (Fsp3) is 0.400. The average molecular weight is 331 g/mol. The van der Waals surface area contributed by atoms with Gasteiger partial charge in [0.1, 0.15) is 0 Å². The maximum atomic E-state index is 13.4. The van der Waals surface area contributed by atoms with Gasteiger partial charge in [-0.05, 0) is 46.9 Å². The van der Waals surface area contributed by atoms with Crippen LogP contribution in [0.4, 0.5) is 14.5 Å². The van der Waals surface area contributed by atoms with Gasteiger partial charge in [0, 0.05) is 18.3 Å². The molecule has 1 aliphatic carbocycles. The predicted molar refractivity (Wildman–Crippen MR) is 92.0 cm³/mol. The van der Waals surface area contributed by atoms with Gasteiger partial charge < -0.3 is 10.4 Å². The molecule has 2 aromatic rings. The van der Waals surface area contributed by atoms with Gasteiger partial charge in [-0.3, -0.25) is 0 Å². The van der Waals surface area contributed by atoms with Crippen molar-refractivity contribution in [1.29, 1.82) is 0 Å². The number of aryl methyl sites for hydroxylation is 1.